The van der Waals surface area contributed by atoms with Crippen LogP contribution < -0.4 is 0 Å². The predicted molar refractivity (Wildman–Crippen MR) is 463 cm³/mol. The van der Waals surface area contributed by atoms with E-state index in [1.165, 1.54) is 38.5 Å². The minimum atomic E-state index is -0.786. The van der Waals surface area contributed by atoms with E-state index in [1.54, 1.807) is 0 Å². The minimum Gasteiger partial charge on any atom is -0.454 e. The van der Waals surface area contributed by atoms with Gasteiger partial charge in [0.15, 0.2) is 16.8 Å². The predicted octanol–water partition coefficient (Wildman–Crippen LogP) is 26.9. The zero-order valence-electron chi connectivity index (χ0n) is 72.6. The second kappa shape index (κ2) is 42.5. The number of carbonyl (C=O) groups excluding carboxylic acids is 5. The van der Waals surface area contributed by atoms with Crippen LogP contribution in [0.1, 0.15) is 299 Å². The van der Waals surface area contributed by atoms with Gasteiger partial charge in [0.25, 0.3) is 0 Å². The number of carbonyl (C=O) groups is 5. The van der Waals surface area contributed by atoms with Crippen molar-refractivity contribution in [3.63, 3.8) is 0 Å². The van der Waals surface area contributed by atoms with Gasteiger partial charge in [0.1, 0.15) is 11.2 Å². The highest BCUT2D eigenvalue weighted by molar-refractivity contribution is 5.79. The fraction of sp³-hybridized carbons (Fsp3) is 0.485. The Hall–Kier alpha value is -8.89. The molecule has 113 heavy (non-hydrogen) atoms. The fourth-order valence-corrected chi connectivity index (χ4v) is 14.4. The fourth-order valence-electron chi connectivity index (χ4n) is 14.4. The molecule has 0 spiro atoms. The first-order valence-corrected chi connectivity index (χ1v) is 42.3. The average Bonchev–Trinajstić information content (AvgIpc) is 0.779. The number of hydrogen-bond donors (Lipinski definition) is 0. The van der Waals surface area contributed by atoms with Crippen LogP contribution in [0.2, 0.25) is 0 Å². The first kappa shape index (κ1) is 93.0. The van der Waals surface area contributed by atoms with Gasteiger partial charge in [0.05, 0.1) is 27.1 Å². The lowest BCUT2D eigenvalue weighted by Gasteiger charge is -2.44. The van der Waals surface area contributed by atoms with E-state index in [1.807, 2.05) is 286 Å². The van der Waals surface area contributed by atoms with Crippen molar-refractivity contribution in [1.82, 2.24) is 0 Å². The van der Waals surface area contributed by atoms with Crippen LogP contribution in [0, 0.1) is 38.9 Å². The van der Waals surface area contributed by atoms with E-state index < -0.39 is 55.1 Å². The third kappa shape index (κ3) is 23.9. The zero-order valence-corrected chi connectivity index (χ0v) is 72.6. The number of rotatable bonds is 28. The van der Waals surface area contributed by atoms with E-state index in [0.717, 1.165) is 115 Å². The maximum atomic E-state index is 13.3. The first-order valence-electron chi connectivity index (χ1n) is 42.3. The standard InChI is InChI=1S/C25H32O2.C21H26O2.C20H30O2.C20H24O2.C17H26O2/c1-4-24(2,3)23(26)27-25(20-14-8-5-9-15-20,21-16-10-6-11-17-21)22-18-12-7-13-19-22;1-5-20(3,4)19(22)23-21(6-2,17-13-9-7-10-14-17)18-15-11-8-12-16-18;2*1-5-19(2,3)18(21)22-20(4,16-12-8-6-9-13-16)17-14-10-7-11-15-17;1-6-16(4,5)15(18)19-17(7-2,8-3)14-12-10-9-11-13-14/h5-6,8-11,14-17,22H,4,7,12-13,18-19H2,1-3H3;7-16H,5-6H2,1-4H3;6,8-9,12-13,17H,5,7,10-11,14-15H2,1-4H3;6-15H,5H2,1-4H3;9-13H,6-8H2,1-5H3. The Morgan fingerprint density at radius 3 is 0.796 bits per heavy atom. The maximum Gasteiger partial charge on any atom is 0.312 e. The van der Waals surface area contributed by atoms with Gasteiger partial charge in [0, 0.05) is 34.1 Å². The molecule has 1 atom stereocenters. The smallest absolute Gasteiger partial charge is 0.312 e. The summed E-state index contributed by atoms with van der Waals surface area (Å²) < 4.78 is 30.9. The van der Waals surface area contributed by atoms with Gasteiger partial charge in [-0.15, -0.1) is 0 Å². The molecule has 1 unspecified atom stereocenters. The molecule has 2 aliphatic carbocycles. The lowest BCUT2D eigenvalue weighted by molar-refractivity contribution is -0.178. The quantitative estimate of drug-likeness (QED) is 0.0345. The molecule has 0 amide bonds. The summed E-state index contributed by atoms with van der Waals surface area (Å²) in [4.78, 5) is 63.8. The minimum absolute atomic E-state index is 0.0769. The molecule has 2 aliphatic rings. The van der Waals surface area contributed by atoms with Crippen LogP contribution >= 0.6 is 0 Å². The summed E-state index contributed by atoms with van der Waals surface area (Å²) in [7, 11) is 0. The zero-order chi connectivity index (χ0) is 83.2. The molecule has 0 radical (unpaired) electrons. The van der Waals surface area contributed by atoms with Gasteiger partial charge < -0.3 is 23.7 Å². The third-order valence-electron chi connectivity index (χ3n) is 25.0. The van der Waals surface area contributed by atoms with Crippen LogP contribution in [-0.2, 0) is 75.7 Å². The molecule has 8 aromatic rings. The monoisotopic (exact) mass is 1540 g/mol. The summed E-state index contributed by atoms with van der Waals surface area (Å²) in [6.45, 7) is 39.9. The molecule has 0 saturated heterocycles. The van der Waals surface area contributed by atoms with Crippen LogP contribution in [0.25, 0.3) is 0 Å². The molecular weight excluding hydrogens is 1400 g/mol. The van der Waals surface area contributed by atoms with E-state index in [2.05, 4.69) is 95.3 Å². The Kier molecular flexibility index (Phi) is 34.9. The Morgan fingerprint density at radius 2 is 0.496 bits per heavy atom. The molecule has 0 aromatic heterocycles. The lowest BCUT2D eigenvalue weighted by Crippen LogP contribution is -2.45. The number of ether oxygens (including phenoxy) is 5. The van der Waals surface area contributed by atoms with Crippen molar-refractivity contribution in [2.24, 2.45) is 38.9 Å². The van der Waals surface area contributed by atoms with Crippen LogP contribution in [-0.4, -0.2) is 29.8 Å². The van der Waals surface area contributed by atoms with Crippen LogP contribution in [0.5, 0.6) is 0 Å². The molecule has 10 nitrogen and oxygen atoms in total. The van der Waals surface area contributed by atoms with E-state index in [4.69, 9.17) is 23.7 Å². The molecule has 10 heteroatoms. The van der Waals surface area contributed by atoms with Crippen LogP contribution in [0.4, 0.5) is 0 Å². The largest absolute Gasteiger partial charge is 0.454 e. The second-order valence-electron chi connectivity index (χ2n) is 34.5. The van der Waals surface area contributed by atoms with Crippen molar-refractivity contribution >= 4 is 29.8 Å². The molecule has 10 rings (SSSR count). The number of benzene rings is 8. The number of hydrogen-bond acceptors (Lipinski definition) is 10. The highest BCUT2D eigenvalue weighted by atomic mass is 16.6. The van der Waals surface area contributed by atoms with E-state index in [9.17, 15) is 24.0 Å². The molecule has 0 N–H and O–H groups in total. The SMILES string of the molecule is CCC(C)(C)C(=O)OC(C)(c1ccccc1)C1CCCCC1.CCC(C)(C)C(=O)OC(C)(c1ccccc1)c1ccccc1.CCC(C)(C)C(=O)OC(CC)(CC)c1ccccc1.CCC(C)(C)C(=O)OC(CC)(c1ccccc1)c1ccccc1.CCC(C)(C)C(=O)OC(c1ccccc1)(c1ccccc1)C1CCCCC1. The normalized spacial score (nSPS) is 14.5. The average molecular weight is 1540 g/mol. The topological polar surface area (TPSA) is 132 Å². The number of esters is 5. The van der Waals surface area contributed by atoms with Gasteiger partial charge in [-0.3, -0.25) is 24.0 Å². The molecule has 2 saturated carbocycles. The van der Waals surface area contributed by atoms with Crippen molar-refractivity contribution in [3.05, 3.63) is 287 Å². The van der Waals surface area contributed by atoms with E-state index in [0.29, 0.717) is 18.3 Å². The Morgan fingerprint density at radius 1 is 0.248 bits per heavy atom. The van der Waals surface area contributed by atoms with Crippen LogP contribution in [0.3, 0.4) is 0 Å². The summed E-state index contributed by atoms with van der Waals surface area (Å²) in [6, 6.07) is 80.9. The van der Waals surface area contributed by atoms with Crippen molar-refractivity contribution in [1.29, 1.82) is 0 Å². The Labute approximate surface area is 681 Å². The lowest BCUT2D eigenvalue weighted by atomic mass is 9.69. The molecule has 2 fully saturated rings. The molecule has 0 heterocycles. The second-order valence-corrected chi connectivity index (χ2v) is 34.5. The molecule has 8 aromatic carbocycles. The van der Waals surface area contributed by atoms with Gasteiger partial charge in [0.2, 0.25) is 0 Å². The van der Waals surface area contributed by atoms with Gasteiger partial charge in [-0.1, -0.05) is 337 Å². The Balaban J connectivity index is 0.000000221. The summed E-state index contributed by atoms with van der Waals surface area (Å²) in [6.07, 6.45) is 18.0. The van der Waals surface area contributed by atoms with Crippen molar-refractivity contribution in [3.8, 4) is 0 Å². The van der Waals surface area contributed by atoms with Gasteiger partial charge in [-0.25, -0.2) is 0 Å². The molecule has 0 aliphatic heterocycles. The van der Waals surface area contributed by atoms with Crippen molar-refractivity contribution < 1.29 is 47.7 Å². The van der Waals surface area contributed by atoms with Gasteiger partial charge >= 0.3 is 29.8 Å². The molecular formula is C103H138O10. The van der Waals surface area contributed by atoms with E-state index in [-0.39, 0.29) is 29.8 Å². The highest BCUT2D eigenvalue weighted by Gasteiger charge is 2.49. The van der Waals surface area contributed by atoms with Gasteiger partial charge in [-0.2, -0.15) is 0 Å². The Bertz CT molecular complexity index is 3980. The summed E-state index contributed by atoms with van der Waals surface area (Å²) in [5.41, 5.74) is 2.76. The van der Waals surface area contributed by atoms with E-state index >= 15 is 0 Å². The van der Waals surface area contributed by atoms with Crippen molar-refractivity contribution in [2.45, 2.75) is 282 Å². The van der Waals surface area contributed by atoms with Crippen LogP contribution in [0.15, 0.2) is 243 Å². The summed E-state index contributed by atoms with van der Waals surface area (Å²) in [5.74, 6) is 0.0884. The summed E-state index contributed by atoms with van der Waals surface area (Å²) >= 11 is 0. The third-order valence-corrected chi connectivity index (χ3v) is 25.0. The van der Waals surface area contributed by atoms with Gasteiger partial charge in [-0.05, 0) is 182 Å². The highest BCUT2D eigenvalue weighted by Crippen LogP contribution is 2.50. The molecule has 610 valence electrons. The first-order chi connectivity index (χ1) is 53.7. The summed E-state index contributed by atoms with van der Waals surface area (Å²) in [5, 5.41) is 0. The molecule has 0 bridgehead atoms. The maximum absolute atomic E-state index is 13.3. The van der Waals surface area contributed by atoms with Crippen molar-refractivity contribution in [2.75, 3.05) is 0 Å².